The van der Waals surface area contributed by atoms with E-state index in [4.69, 9.17) is 4.74 Å². The zero-order valence-corrected chi connectivity index (χ0v) is 12.4. The lowest BCUT2D eigenvalue weighted by atomic mass is 9.69. The number of esters is 1. The number of ketones is 1. The fourth-order valence-electron chi connectivity index (χ4n) is 3.14. The summed E-state index contributed by atoms with van der Waals surface area (Å²) in [4.78, 5) is 36.4. The van der Waals surface area contributed by atoms with E-state index in [0.717, 1.165) is 0 Å². The molecule has 5 heteroatoms. The predicted octanol–water partition coefficient (Wildman–Crippen LogP) is 1.57. The van der Waals surface area contributed by atoms with E-state index in [-0.39, 0.29) is 23.7 Å². The van der Waals surface area contributed by atoms with Crippen molar-refractivity contribution in [1.29, 1.82) is 0 Å². The van der Waals surface area contributed by atoms with E-state index in [2.05, 4.69) is 5.32 Å². The zero-order valence-electron chi connectivity index (χ0n) is 12.4. The van der Waals surface area contributed by atoms with Gasteiger partial charge < -0.3 is 10.1 Å². The molecule has 2 atom stereocenters. The van der Waals surface area contributed by atoms with Gasteiger partial charge in [-0.1, -0.05) is 20.8 Å². The smallest absolute Gasteiger partial charge is 0.319 e. The van der Waals surface area contributed by atoms with Gasteiger partial charge in [0.25, 0.3) is 0 Å². The highest BCUT2D eigenvalue weighted by molar-refractivity contribution is 6.06. The van der Waals surface area contributed by atoms with Gasteiger partial charge >= 0.3 is 5.97 Å². The second-order valence-electron chi connectivity index (χ2n) is 6.34. The summed E-state index contributed by atoms with van der Waals surface area (Å²) >= 11 is 0. The van der Waals surface area contributed by atoms with Crippen LogP contribution in [0.2, 0.25) is 0 Å². The molecule has 110 valence electrons. The van der Waals surface area contributed by atoms with Crippen molar-refractivity contribution >= 4 is 17.7 Å². The highest BCUT2D eigenvalue weighted by Crippen LogP contribution is 2.42. The van der Waals surface area contributed by atoms with Gasteiger partial charge in [-0.15, -0.1) is 0 Å². The summed E-state index contributed by atoms with van der Waals surface area (Å²) in [5.74, 6) is -2.22. The summed E-state index contributed by atoms with van der Waals surface area (Å²) in [6.45, 7) is 7.68. The maximum atomic E-state index is 12.3. The van der Waals surface area contributed by atoms with Crippen LogP contribution in [0.3, 0.4) is 0 Å². The van der Waals surface area contributed by atoms with E-state index in [0.29, 0.717) is 24.1 Å². The molecule has 0 aromatic carbocycles. The number of rotatable bonds is 2. The van der Waals surface area contributed by atoms with Crippen LogP contribution in [0.25, 0.3) is 0 Å². The van der Waals surface area contributed by atoms with Gasteiger partial charge in [0, 0.05) is 23.6 Å². The first-order chi connectivity index (χ1) is 9.26. The summed E-state index contributed by atoms with van der Waals surface area (Å²) in [7, 11) is 0. The lowest BCUT2D eigenvalue weighted by molar-refractivity contribution is -0.154. The number of amides is 1. The summed E-state index contributed by atoms with van der Waals surface area (Å²) < 4.78 is 4.94. The third-order valence-corrected chi connectivity index (χ3v) is 3.97. The average molecular weight is 279 g/mol. The Morgan fingerprint density at radius 3 is 2.60 bits per heavy atom. The van der Waals surface area contributed by atoms with Gasteiger partial charge in [0.15, 0.2) is 5.78 Å². The second kappa shape index (κ2) is 5.04. The first kappa shape index (κ1) is 14.8. The number of nitrogens with one attached hydrogen (secondary N) is 1. The molecule has 0 aromatic rings. The van der Waals surface area contributed by atoms with Crippen LogP contribution >= 0.6 is 0 Å². The molecule has 0 saturated carbocycles. The van der Waals surface area contributed by atoms with E-state index in [1.54, 1.807) is 13.8 Å². The molecular formula is C15H21NO4. The molecule has 2 rings (SSSR count). The van der Waals surface area contributed by atoms with E-state index < -0.39 is 17.8 Å². The summed E-state index contributed by atoms with van der Waals surface area (Å²) in [6, 6.07) is 0. The minimum absolute atomic E-state index is 0.0260. The first-order valence-corrected chi connectivity index (χ1v) is 7.00. The van der Waals surface area contributed by atoms with Crippen LogP contribution in [-0.4, -0.2) is 24.3 Å². The zero-order chi connectivity index (χ0) is 15.1. The topological polar surface area (TPSA) is 72.5 Å². The van der Waals surface area contributed by atoms with Gasteiger partial charge in [-0.25, -0.2) is 0 Å². The van der Waals surface area contributed by atoms with Crippen molar-refractivity contribution < 1.29 is 19.1 Å². The van der Waals surface area contributed by atoms with E-state index in [1.807, 2.05) is 13.8 Å². The summed E-state index contributed by atoms with van der Waals surface area (Å²) in [5.41, 5.74) is 1.13. The number of Topliss-reactive ketones (excluding diaryl/α,β-unsaturated/α-hetero) is 1. The van der Waals surface area contributed by atoms with Crippen molar-refractivity contribution in [1.82, 2.24) is 5.32 Å². The van der Waals surface area contributed by atoms with Crippen molar-refractivity contribution in [3.8, 4) is 0 Å². The molecule has 2 aliphatic rings. The van der Waals surface area contributed by atoms with Crippen LogP contribution < -0.4 is 5.32 Å². The van der Waals surface area contributed by atoms with Crippen LogP contribution in [-0.2, 0) is 19.1 Å². The average Bonchev–Trinajstić information content (AvgIpc) is 2.25. The monoisotopic (exact) mass is 279 g/mol. The minimum Gasteiger partial charge on any atom is -0.465 e. The van der Waals surface area contributed by atoms with Crippen LogP contribution in [0.5, 0.6) is 0 Å². The molecule has 1 aliphatic heterocycles. The molecule has 1 aliphatic carbocycles. The quantitative estimate of drug-likeness (QED) is 0.615. The molecule has 20 heavy (non-hydrogen) atoms. The van der Waals surface area contributed by atoms with Crippen LogP contribution in [0, 0.1) is 17.3 Å². The lowest BCUT2D eigenvalue weighted by Crippen LogP contribution is -2.49. The van der Waals surface area contributed by atoms with Crippen molar-refractivity contribution in [2.75, 3.05) is 6.61 Å². The minimum atomic E-state index is -0.918. The Kier molecular flexibility index (Phi) is 3.71. The Balaban J connectivity index is 2.36. The highest BCUT2D eigenvalue weighted by Gasteiger charge is 2.46. The molecule has 1 amide bonds. The van der Waals surface area contributed by atoms with Gasteiger partial charge in [0.2, 0.25) is 5.91 Å². The number of carbonyl (C=O) groups is 3. The van der Waals surface area contributed by atoms with Crippen LogP contribution in [0.1, 0.15) is 40.5 Å². The largest absolute Gasteiger partial charge is 0.465 e. The second-order valence-corrected chi connectivity index (χ2v) is 6.34. The van der Waals surface area contributed by atoms with Crippen LogP contribution in [0.15, 0.2) is 11.3 Å². The molecule has 0 saturated heterocycles. The van der Waals surface area contributed by atoms with E-state index in [1.165, 1.54) is 0 Å². The molecular weight excluding hydrogens is 258 g/mol. The predicted molar refractivity (Wildman–Crippen MR) is 72.5 cm³/mol. The molecule has 1 N–H and O–H groups in total. The Hall–Kier alpha value is -1.65. The van der Waals surface area contributed by atoms with Crippen molar-refractivity contribution in [3.05, 3.63) is 11.3 Å². The molecule has 5 nitrogen and oxygen atoms in total. The van der Waals surface area contributed by atoms with Gasteiger partial charge in [0.1, 0.15) is 5.92 Å². The highest BCUT2D eigenvalue weighted by atomic mass is 16.5. The number of ether oxygens (including phenoxy) is 1. The number of carbonyl (C=O) groups excluding carboxylic acids is 3. The standard InChI is InChI=1S/C15H21NO4/c1-5-20-14(19)12-8(2)11-9(16-13(12)18)6-15(3,4)7-10(11)17/h8,12H,5-7H2,1-4H3,(H,16,18). The van der Waals surface area contributed by atoms with Crippen LogP contribution in [0.4, 0.5) is 0 Å². The Morgan fingerprint density at radius 1 is 1.35 bits per heavy atom. The van der Waals surface area contributed by atoms with Gasteiger partial charge in [-0.05, 0) is 18.8 Å². The third-order valence-electron chi connectivity index (χ3n) is 3.97. The molecule has 0 spiro atoms. The van der Waals surface area contributed by atoms with Crippen molar-refractivity contribution in [2.24, 2.45) is 17.3 Å². The summed E-state index contributed by atoms with van der Waals surface area (Å²) in [6.07, 6.45) is 1.10. The molecule has 0 radical (unpaired) electrons. The molecule has 2 unspecified atom stereocenters. The molecule has 0 aromatic heterocycles. The van der Waals surface area contributed by atoms with Crippen molar-refractivity contribution in [3.63, 3.8) is 0 Å². The number of hydrogen-bond acceptors (Lipinski definition) is 4. The maximum absolute atomic E-state index is 12.3. The van der Waals surface area contributed by atoms with E-state index in [9.17, 15) is 14.4 Å². The normalized spacial score (nSPS) is 28.8. The molecule has 0 bridgehead atoms. The third kappa shape index (κ3) is 2.49. The summed E-state index contributed by atoms with van der Waals surface area (Å²) in [5, 5.41) is 2.74. The lowest BCUT2D eigenvalue weighted by Gasteiger charge is -2.39. The Morgan fingerprint density at radius 2 is 2.00 bits per heavy atom. The number of hydrogen-bond donors (Lipinski definition) is 1. The Labute approximate surface area is 118 Å². The van der Waals surface area contributed by atoms with Gasteiger partial charge in [-0.3, -0.25) is 14.4 Å². The van der Waals surface area contributed by atoms with Crippen molar-refractivity contribution in [2.45, 2.75) is 40.5 Å². The number of allylic oxidation sites excluding steroid dienone is 2. The van der Waals surface area contributed by atoms with E-state index >= 15 is 0 Å². The molecule has 1 heterocycles. The van der Waals surface area contributed by atoms with Gasteiger partial charge in [0.05, 0.1) is 6.61 Å². The van der Waals surface area contributed by atoms with Gasteiger partial charge in [-0.2, -0.15) is 0 Å². The SMILES string of the molecule is CCOC(=O)C1C(=O)NC2=C(C(=O)CC(C)(C)C2)C1C. The fraction of sp³-hybridized carbons (Fsp3) is 0.667. The first-order valence-electron chi connectivity index (χ1n) is 7.00. The fourth-order valence-corrected chi connectivity index (χ4v) is 3.14. The maximum Gasteiger partial charge on any atom is 0.319 e. The Bertz CT molecular complexity index is 504. The molecule has 0 fully saturated rings.